The van der Waals surface area contributed by atoms with Gasteiger partial charge in [0, 0.05) is 5.56 Å². The number of benzene rings is 2. The zero-order chi connectivity index (χ0) is 17.6. The number of ketones is 1. The number of carbonyl (C=O) groups is 2. The number of nitrogens with zero attached hydrogens (tertiary/aromatic N) is 3. The van der Waals surface area contributed by atoms with Gasteiger partial charge in [0.25, 0.3) is 0 Å². The molecule has 0 radical (unpaired) electrons. The number of aromatic nitrogens is 3. The van der Waals surface area contributed by atoms with E-state index in [1.54, 1.807) is 66.6 Å². The molecule has 25 heavy (non-hydrogen) atoms. The molecule has 0 N–H and O–H groups in total. The van der Waals surface area contributed by atoms with Crippen LogP contribution in [-0.2, 0) is 4.74 Å². The molecule has 0 fully saturated rings. The Morgan fingerprint density at radius 1 is 1.00 bits per heavy atom. The number of esters is 1. The fourth-order valence-corrected chi connectivity index (χ4v) is 2.17. The van der Waals surface area contributed by atoms with E-state index in [0.29, 0.717) is 16.9 Å². The molecule has 0 aliphatic carbocycles. The van der Waals surface area contributed by atoms with Crippen molar-refractivity contribution in [2.75, 3.05) is 13.7 Å². The first kappa shape index (κ1) is 16.4. The second-order valence-corrected chi connectivity index (χ2v) is 5.11. The lowest BCUT2D eigenvalue weighted by Gasteiger charge is -2.06. The highest BCUT2D eigenvalue weighted by Gasteiger charge is 2.12. The Kier molecular flexibility index (Phi) is 4.84. The number of hydrogen-bond donors (Lipinski definition) is 0. The highest BCUT2D eigenvalue weighted by atomic mass is 16.5. The molecule has 7 heteroatoms. The van der Waals surface area contributed by atoms with Gasteiger partial charge in [0.2, 0.25) is 0 Å². The predicted octanol–water partition coefficient (Wildman–Crippen LogP) is 2.32. The van der Waals surface area contributed by atoms with Gasteiger partial charge in [-0.2, -0.15) is 5.10 Å². The topological polar surface area (TPSA) is 83.3 Å². The van der Waals surface area contributed by atoms with E-state index < -0.39 is 5.97 Å². The Labute approximate surface area is 143 Å². The van der Waals surface area contributed by atoms with Gasteiger partial charge < -0.3 is 9.47 Å². The molecule has 0 amide bonds. The second kappa shape index (κ2) is 7.39. The van der Waals surface area contributed by atoms with Crippen LogP contribution in [0.1, 0.15) is 20.7 Å². The number of ether oxygens (including phenoxy) is 2. The SMILES string of the molecule is COc1ccc(C(=O)COC(=O)c2ccc(-n3cncn3)cc2)cc1. The molecule has 3 aromatic rings. The highest BCUT2D eigenvalue weighted by Crippen LogP contribution is 2.13. The van der Waals surface area contributed by atoms with Crippen molar-refractivity contribution < 1.29 is 19.1 Å². The standard InChI is InChI=1S/C18H15N3O4/c1-24-16-8-4-13(5-9-16)17(22)10-25-18(23)14-2-6-15(7-3-14)21-12-19-11-20-21/h2-9,11-12H,10H2,1H3. The molecule has 1 heterocycles. The largest absolute Gasteiger partial charge is 0.497 e. The van der Waals surface area contributed by atoms with Crippen molar-refractivity contribution >= 4 is 11.8 Å². The van der Waals surface area contributed by atoms with E-state index in [1.165, 1.54) is 6.33 Å². The minimum atomic E-state index is -0.563. The van der Waals surface area contributed by atoms with Crippen molar-refractivity contribution in [2.24, 2.45) is 0 Å². The molecule has 7 nitrogen and oxygen atoms in total. The summed E-state index contributed by atoms with van der Waals surface area (Å²) in [4.78, 5) is 28.0. The van der Waals surface area contributed by atoms with Crippen molar-refractivity contribution in [1.82, 2.24) is 14.8 Å². The summed E-state index contributed by atoms with van der Waals surface area (Å²) in [6, 6.07) is 13.3. The van der Waals surface area contributed by atoms with Crippen molar-refractivity contribution in [3.63, 3.8) is 0 Å². The van der Waals surface area contributed by atoms with Crippen LogP contribution in [0.25, 0.3) is 5.69 Å². The maximum atomic E-state index is 12.1. The summed E-state index contributed by atoms with van der Waals surface area (Å²) in [6.45, 7) is -0.323. The molecule has 0 aliphatic rings. The van der Waals surface area contributed by atoms with Crippen molar-refractivity contribution in [2.45, 2.75) is 0 Å². The van der Waals surface area contributed by atoms with Gasteiger partial charge in [-0.15, -0.1) is 0 Å². The fourth-order valence-electron chi connectivity index (χ4n) is 2.17. The van der Waals surface area contributed by atoms with Gasteiger partial charge in [0.05, 0.1) is 18.4 Å². The Balaban J connectivity index is 1.59. The summed E-state index contributed by atoms with van der Waals surface area (Å²) < 4.78 is 11.7. The van der Waals surface area contributed by atoms with Crippen LogP contribution in [0.4, 0.5) is 0 Å². The van der Waals surface area contributed by atoms with Gasteiger partial charge in [-0.05, 0) is 48.5 Å². The number of carbonyl (C=O) groups excluding carboxylic acids is 2. The van der Waals surface area contributed by atoms with Crippen molar-refractivity contribution in [1.29, 1.82) is 0 Å². The minimum Gasteiger partial charge on any atom is -0.497 e. The average Bonchev–Trinajstić information content (AvgIpc) is 3.21. The summed E-state index contributed by atoms with van der Waals surface area (Å²) in [5.41, 5.74) is 1.57. The lowest BCUT2D eigenvalue weighted by atomic mass is 10.1. The summed E-state index contributed by atoms with van der Waals surface area (Å²) in [7, 11) is 1.55. The van der Waals surface area contributed by atoms with Gasteiger partial charge in [0.1, 0.15) is 18.4 Å². The number of hydrogen-bond acceptors (Lipinski definition) is 6. The van der Waals surface area contributed by atoms with E-state index in [9.17, 15) is 9.59 Å². The first-order valence-corrected chi connectivity index (χ1v) is 7.47. The molecule has 0 spiro atoms. The molecule has 0 aliphatic heterocycles. The Morgan fingerprint density at radius 2 is 1.68 bits per heavy atom. The summed E-state index contributed by atoms with van der Waals surface area (Å²) in [6.07, 6.45) is 2.98. The van der Waals surface area contributed by atoms with Crippen molar-refractivity contribution in [3.8, 4) is 11.4 Å². The Bertz CT molecular complexity index is 856. The van der Waals surface area contributed by atoms with E-state index in [-0.39, 0.29) is 12.4 Å². The second-order valence-electron chi connectivity index (χ2n) is 5.11. The quantitative estimate of drug-likeness (QED) is 0.507. The Morgan fingerprint density at radius 3 is 2.28 bits per heavy atom. The first-order valence-electron chi connectivity index (χ1n) is 7.47. The fraction of sp³-hybridized carbons (Fsp3) is 0.111. The van der Waals surface area contributed by atoms with Crippen LogP contribution in [0, 0.1) is 0 Å². The monoisotopic (exact) mass is 337 g/mol. The molecular weight excluding hydrogens is 322 g/mol. The summed E-state index contributed by atoms with van der Waals surface area (Å²) >= 11 is 0. The van der Waals surface area contributed by atoms with Crippen LogP contribution < -0.4 is 4.74 Å². The molecule has 0 bridgehead atoms. The zero-order valence-corrected chi connectivity index (χ0v) is 13.5. The average molecular weight is 337 g/mol. The summed E-state index contributed by atoms with van der Waals surface area (Å²) in [5.74, 6) is -0.191. The first-order chi connectivity index (χ1) is 12.2. The van der Waals surface area contributed by atoms with Crippen LogP contribution in [0.2, 0.25) is 0 Å². The third-order valence-corrected chi connectivity index (χ3v) is 3.53. The van der Waals surface area contributed by atoms with Gasteiger partial charge in [-0.3, -0.25) is 4.79 Å². The maximum absolute atomic E-state index is 12.1. The van der Waals surface area contributed by atoms with E-state index in [0.717, 1.165) is 5.69 Å². The number of Topliss-reactive ketones (excluding diaryl/α,β-unsaturated/α-hetero) is 1. The smallest absolute Gasteiger partial charge is 0.338 e. The van der Waals surface area contributed by atoms with E-state index in [1.807, 2.05) is 0 Å². The highest BCUT2D eigenvalue weighted by molar-refractivity contribution is 5.99. The summed E-state index contributed by atoms with van der Waals surface area (Å²) in [5, 5.41) is 4.00. The number of rotatable bonds is 6. The third-order valence-electron chi connectivity index (χ3n) is 3.53. The van der Waals surface area contributed by atoms with Crippen LogP contribution >= 0.6 is 0 Å². The maximum Gasteiger partial charge on any atom is 0.338 e. The third kappa shape index (κ3) is 3.89. The molecule has 0 saturated heterocycles. The van der Waals surface area contributed by atoms with E-state index in [2.05, 4.69) is 10.1 Å². The van der Waals surface area contributed by atoms with Crippen LogP contribution in [0.3, 0.4) is 0 Å². The van der Waals surface area contributed by atoms with E-state index in [4.69, 9.17) is 9.47 Å². The molecule has 1 aromatic heterocycles. The zero-order valence-electron chi connectivity index (χ0n) is 13.5. The molecule has 126 valence electrons. The van der Waals surface area contributed by atoms with E-state index >= 15 is 0 Å². The van der Waals surface area contributed by atoms with Gasteiger partial charge in [0.15, 0.2) is 12.4 Å². The molecule has 0 atom stereocenters. The van der Waals surface area contributed by atoms with Crippen LogP contribution in [-0.4, -0.2) is 40.2 Å². The van der Waals surface area contributed by atoms with Gasteiger partial charge >= 0.3 is 5.97 Å². The molecular formula is C18H15N3O4. The van der Waals surface area contributed by atoms with Gasteiger partial charge in [-0.1, -0.05) is 0 Å². The van der Waals surface area contributed by atoms with Crippen LogP contribution in [0.15, 0.2) is 61.2 Å². The predicted molar refractivity (Wildman–Crippen MR) is 89.0 cm³/mol. The normalized spacial score (nSPS) is 10.3. The lowest BCUT2D eigenvalue weighted by molar-refractivity contribution is 0.0474. The lowest BCUT2D eigenvalue weighted by Crippen LogP contribution is -2.14. The molecule has 3 rings (SSSR count). The molecule has 0 saturated carbocycles. The molecule has 0 unspecified atom stereocenters. The number of methoxy groups -OCH3 is 1. The van der Waals surface area contributed by atoms with Gasteiger partial charge in [-0.25, -0.2) is 14.5 Å². The van der Waals surface area contributed by atoms with Crippen molar-refractivity contribution in [3.05, 3.63) is 72.3 Å². The Hall–Kier alpha value is -3.48. The molecule has 2 aromatic carbocycles. The van der Waals surface area contributed by atoms with Crippen LogP contribution in [0.5, 0.6) is 5.75 Å². The minimum absolute atomic E-state index is 0.282.